The van der Waals surface area contributed by atoms with Gasteiger partial charge in [-0.3, -0.25) is 0 Å². The number of aryl methyl sites for hydroxylation is 1. The van der Waals surface area contributed by atoms with E-state index in [4.69, 9.17) is 27.9 Å². The third kappa shape index (κ3) is 3.62. The molecule has 19 heavy (non-hydrogen) atoms. The van der Waals surface area contributed by atoms with Gasteiger partial charge in [0.2, 0.25) is 0 Å². The zero-order chi connectivity index (χ0) is 13.8. The maximum absolute atomic E-state index is 12.9. The Hall–Kier alpha value is -1.25. The van der Waals surface area contributed by atoms with Gasteiger partial charge >= 0.3 is 0 Å². The van der Waals surface area contributed by atoms with Crippen molar-refractivity contribution in [3.63, 3.8) is 0 Å². The zero-order valence-electron chi connectivity index (χ0n) is 10.4. The molecule has 0 aliphatic carbocycles. The van der Waals surface area contributed by atoms with Crippen molar-refractivity contribution in [1.82, 2.24) is 0 Å². The first-order valence-corrected chi connectivity index (χ1v) is 6.73. The number of benzene rings is 2. The predicted octanol–water partition coefficient (Wildman–Crippen LogP) is 5.11. The van der Waals surface area contributed by atoms with Crippen LogP contribution in [-0.2, 0) is 12.5 Å². The Morgan fingerprint density at radius 2 is 1.89 bits per heavy atom. The molecule has 4 heteroatoms. The highest BCUT2D eigenvalue weighted by Gasteiger charge is 2.06. The van der Waals surface area contributed by atoms with Gasteiger partial charge in [0.15, 0.2) is 0 Å². The molecule has 2 rings (SSSR count). The second-order valence-electron chi connectivity index (χ2n) is 4.27. The highest BCUT2D eigenvalue weighted by Crippen LogP contribution is 2.24. The predicted molar refractivity (Wildman–Crippen MR) is 76.5 cm³/mol. The number of ether oxygens (including phenoxy) is 1. The highest BCUT2D eigenvalue weighted by atomic mass is 35.5. The lowest BCUT2D eigenvalue weighted by molar-refractivity contribution is 0.303. The van der Waals surface area contributed by atoms with Gasteiger partial charge in [-0.2, -0.15) is 0 Å². The lowest BCUT2D eigenvalue weighted by atomic mass is 10.1. The van der Waals surface area contributed by atoms with Crippen LogP contribution in [0.1, 0.15) is 16.7 Å². The van der Waals surface area contributed by atoms with E-state index < -0.39 is 0 Å². The topological polar surface area (TPSA) is 9.23 Å². The first-order valence-electron chi connectivity index (χ1n) is 5.82. The van der Waals surface area contributed by atoms with Gasteiger partial charge in [-0.15, -0.1) is 11.6 Å². The minimum atomic E-state index is -0.356. The lowest BCUT2D eigenvalue weighted by Gasteiger charge is -2.11. The summed E-state index contributed by atoms with van der Waals surface area (Å²) < 4.78 is 18.6. The molecule has 0 spiro atoms. The fourth-order valence-corrected chi connectivity index (χ4v) is 2.18. The first kappa shape index (κ1) is 14.2. The molecule has 0 saturated carbocycles. The molecule has 0 bridgehead atoms. The van der Waals surface area contributed by atoms with Gasteiger partial charge in [-0.25, -0.2) is 4.39 Å². The summed E-state index contributed by atoms with van der Waals surface area (Å²) in [5, 5.41) is 0.361. The second-order valence-corrected chi connectivity index (χ2v) is 4.94. The van der Waals surface area contributed by atoms with Crippen LogP contribution in [0.4, 0.5) is 4.39 Å². The van der Waals surface area contributed by atoms with Crippen LogP contribution in [-0.4, -0.2) is 0 Å². The molecule has 1 nitrogen and oxygen atoms in total. The second kappa shape index (κ2) is 6.27. The quantitative estimate of drug-likeness (QED) is 0.713. The fraction of sp³-hybridized carbons (Fsp3) is 0.200. The van der Waals surface area contributed by atoms with Crippen molar-refractivity contribution in [2.45, 2.75) is 19.4 Å². The Bertz CT molecular complexity index is 584. The van der Waals surface area contributed by atoms with Crippen LogP contribution in [0.15, 0.2) is 36.4 Å². The summed E-state index contributed by atoms with van der Waals surface area (Å²) in [6.45, 7) is 2.28. The summed E-state index contributed by atoms with van der Waals surface area (Å²) in [5.74, 6) is 0.750. The Kier molecular flexibility index (Phi) is 4.67. The summed E-state index contributed by atoms with van der Waals surface area (Å²) in [7, 11) is 0. The monoisotopic (exact) mass is 298 g/mol. The summed E-state index contributed by atoms with van der Waals surface area (Å²) in [6.07, 6.45) is 0. The molecular weight excluding hydrogens is 286 g/mol. The highest BCUT2D eigenvalue weighted by molar-refractivity contribution is 6.31. The molecule has 2 aromatic carbocycles. The van der Waals surface area contributed by atoms with Crippen molar-refractivity contribution in [2.75, 3.05) is 0 Å². The molecule has 0 atom stereocenters. The third-order valence-electron chi connectivity index (χ3n) is 2.76. The van der Waals surface area contributed by atoms with Crippen LogP contribution >= 0.6 is 23.2 Å². The third-order valence-corrected chi connectivity index (χ3v) is 3.40. The SMILES string of the molecule is Cc1ccc(OCc2ccc(F)cc2Cl)c(CCl)c1. The van der Waals surface area contributed by atoms with Gasteiger partial charge in [0.1, 0.15) is 18.2 Å². The van der Waals surface area contributed by atoms with Crippen LogP contribution in [0.2, 0.25) is 5.02 Å². The van der Waals surface area contributed by atoms with Crippen LogP contribution in [0.5, 0.6) is 5.75 Å². The van der Waals surface area contributed by atoms with Crippen molar-refractivity contribution in [2.24, 2.45) is 0 Å². The number of alkyl halides is 1. The van der Waals surface area contributed by atoms with Crippen molar-refractivity contribution < 1.29 is 9.13 Å². The number of hydrogen-bond acceptors (Lipinski definition) is 1. The first-order chi connectivity index (χ1) is 9.10. The van der Waals surface area contributed by atoms with Gasteiger partial charge in [-0.1, -0.05) is 35.4 Å². The molecule has 0 saturated heterocycles. The van der Waals surface area contributed by atoms with E-state index in [2.05, 4.69) is 0 Å². The maximum atomic E-state index is 12.9. The molecule has 100 valence electrons. The normalized spacial score (nSPS) is 10.5. The Labute approximate surface area is 121 Å². The molecule has 0 N–H and O–H groups in total. The van der Waals surface area contributed by atoms with Crippen molar-refractivity contribution in [1.29, 1.82) is 0 Å². The molecule has 0 unspecified atom stereocenters. The molecule has 0 aliphatic heterocycles. The number of rotatable bonds is 4. The van der Waals surface area contributed by atoms with Crippen LogP contribution in [0, 0.1) is 12.7 Å². The number of halogens is 3. The van der Waals surface area contributed by atoms with E-state index >= 15 is 0 Å². The van der Waals surface area contributed by atoms with E-state index in [1.807, 2.05) is 25.1 Å². The lowest BCUT2D eigenvalue weighted by Crippen LogP contribution is -1.99. The van der Waals surface area contributed by atoms with Crippen LogP contribution in [0.3, 0.4) is 0 Å². The van der Waals surface area contributed by atoms with E-state index in [9.17, 15) is 4.39 Å². The average molecular weight is 299 g/mol. The Morgan fingerprint density at radius 1 is 1.11 bits per heavy atom. The standard InChI is InChI=1S/C15H13Cl2FO/c1-10-2-5-15(12(6-10)8-16)19-9-11-3-4-13(18)7-14(11)17/h2-7H,8-9H2,1H3. The molecule has 2 aromatic rings. The molecule has 0 aliphatic rings. The van der Waals surface area contributed by atoms with Gasteiger partial charge in [0.05, 0.1) is 10.9 Å². The molecule has 0 amide bonds. The van der Waals surface area contributed by atoms with Gasteiger partial charge in [0.25, 0.3) is 0 Å². The van der Waals surface area contributed by atoms with Crippen molar-refractivity contribution >= 4 is 23.2 Å². The molecule has 0 aromatic heterocycles. The van der Waals surface area contributed by atoms with E-state index in [0.29, 0.717) is 10.9 Å². The van der Waals surface area contributed by atoms with E-state index in [-0.39, 0.29) is 12.4 Å². The fourth-order valence-electron chi connectivity index (χ4n) is 1.75. The van der Waals surface area contributed by atoms with Gasteiger partial charge in [-0.05, 0) is 25.1 Å². The zero-order valence-corrected chi connectivity index (χ0v) is 11.9. The average Bonchev–Trinajstić information content (AvgIpc) is 2.39. The van der Waals surface area contributed by atoms with Crippen LogP contribution < -0.4 is 4.74 Å². The molecule has 0 fully saturated rings. The minimum Gasteiger partial charge on any atom is -0.489 e. The summed E-state index contributed by atoms with van der Waals surface area (Å²) in [5.41, 5.74) is 2.80. The summed E-state index contributed by atoms with van der Waals surface area (Å²) >= 11 is 11.8. The molecular formula is C15H13Cl2FO. The van der Waals surface area contributed by atoms with E-state index in [1.165, 1.54) is 12.1 Å². The largest absolute Gasteiger partial charge is 0.489 e. The molecule has 0 heterocycles. The maximum Gasteiger partial charge on any atom is 0.124 e. The van der Waals surface area contributed by atoms with Crippen molar-refractivity contribution in [3.05, 3.63) is 63.9 Å². The Balaban J connectivity index is 2.14. The Morgan fingerprint density at radius 3 is 2.58 bits per heavy atom. The van der Waals surface area contributed by atoms with E-state index in [1.54, 1.807) is 6.07 Å². The summed E-state index contributed by atoms with van der Waals surface area (Å²) in [6, 6.07) is 10.1. The smallest absolute Gasteiger partial charge is 0.124 e. The summed E-state index contributed by atoms with van der Waals surface area (Å²) in [4.78, 5) is 0. The minimum absolute atomic E-state index is 0.284. The number of hydrogen-bond donors (Lipinski definition) is 0. The van der Waals surface area contributed by atoms with Crippen molar-refractivity contribution in [3.8, 4) is 5.75 Å². The van der Waals surface area contributed by atoms with Gasteiger partial charge in [0, 0.05) is 11.1 Å². The van der Waals surface area contributed by atoms with Gasteiger partial charge < -0.3 is 4.74 Å². The molecule has 0 radical (unpaired) electrons. The van der Waals surface area contributed by atoms with E-state index in [0.717, 1.165) is 22.4 Å². The van der Waals surface area contributed by atoms with Crippen LogP contribution in [0.25, 0.3) is 0 Å².